The van der Waals surface area contributed by atoms with E-state index in [1.54, 1.807) is 7.11 Å². The monoisotopic (exact) mass is 306 g/mol. The molecule has 0 N–H and O–H groups in total. The summed E-state index contributed by atoms with van der Waals surface area (Å²) in [5.41, 5.74) is 2.26. The van der Waals surface area contributed by atoms with Gasteiger partial charge >= 0.3 is 0 Å². The molecule has 0 atom stereocenters. The molecule has 0 bridgehead atoms. The molecule has 94 valence electrons. The second-order valence-electron chi connectivity index (χ2n) is 4.06. The standard InChI is InChI=1S/C15H15BrO2/c1-11-4-3-5-14(8-11)18-10-12-9-13(17-2)6-7-15(12)16/h3-9H,10H2,1-2H3. The summed E-state index contributed by atoms with van der Waals surface area (Å²) in [4.78, 5) is 0. The van der Waals surface area contributed by atoms with Gasteiger partial charge in [-0.1, -0.05) is 28.1 Å². The molecule has 2 rings (SSSR count). The topological polar surface area (TPSA) is 18.5 Å². The van der Waals surface area contributed by atoms with Crippen LogP contribution in [0.4, 0.5) is 0 Å². The molecular weight excluding hydrogens is 292 g/mol. The van der Waals surface area contributed by atoms with E-state index < -0.39 is 0 Å². The Kier molecular flexibility index (Phi) is 4.26. The van der Waals surface area contributed by atoms with Crippen molar-refractivity contribution in [3.05, 3.63) is 58.1 Å². The fourth-order valence-electron chi connectivity index (χ4n) is 1.65. The third kappa shape index (κ3) is 3.26. The molecule has 3 heteroatoms. The summed E-state index contributed by atoms with van der Waals surface area (Å²) in [6, 6.07) is 13.9. The molecule has 18 heavy (non-hydrogen) atoms. The van der Waals surface area contributed by atoms with Crippen molar-refractivity contribution in [3.63, 3.8) is 0 Å². The number of rotatable bonds is 4. The SMILES string of the molecule is COc1ccc(Br)c(COc2cccc(C)c2)c1. The van der Waals surface area contributed by atoms with Gasteiger partial charge in [0.05, 0.1) is 7.11 Å². The lowest BCUT2D eigenvalue weighted by atomic mass is 10.2. The van der Waals surface area contributed by atoms with Crippen LogP contribution in [0.1, 0.15) is 11.1 Å². The van der Waals surface area contributed by atoms with Crippen LogP contribution in [0.2, 0.25) is 0 Å². The van der Waals surface area contributed by atoms with Crippen molar-refractivity contribution in [1.82, 2.24) is 0 Å². The highest BCUT2D eigenvalue weighted by molar-refractivity contribution is 9.10. The number of aryl methyl sites for hydroxylation is 1. The lowest BCUT2D eigenvalue weighted by Crippen LogP contribution is -1.97. The van der Waals surface area contributed by atoms with Crippen LogP contribution in [0.25, 0.3) is 0 Å². The molecule has 0 amide bonds. The van der Waals surface area contributed by atoms with Crippen molar-refractivity contribution in [1.29, 1.82) is 0 Å². The first kappa shape index (κ1) is 13.0. The van der Waals surface area contributed by atoms with E-state index in [4.69, 9.17) is 9.47 Å². The third-order valence-electron chi connectivity index (χ3n) is 2.64. The average Bonchev–Trinajstić information content (AvgIpc) is 2.38. The molecule has 0 aliphatic carbocycles. The highest BCUT2D eigenvalue weighted by Gasteiger charge is 2.03. The average molecular weight is 307 g/mol. The van der Waals surface area contributed by atoms with Gasteiger partial charge in [0.25, 0.3) is 0 Å². The smallest absolute Gasteiger partial charge is 0.120 e. The van der Waals surface area contributed by atoms with Crippen molar-refractivity contribution < 1.29 is 9.47 Å². The van der Waals surface area contributed by atoms with Gasteiger partial charge in [-0.05, 0) is 42.8 Å². The quantitative estimate of drug-likeness (QED) is 0.836. The van der Waals surface area contributed by atoms with E-state index in [0.29, 0.717) is 6.61 Å². The summed E-state index contributed by atoms with van der Waals surface area (Å²) in [6.45, 7) is 2.57. The second-order valence-corrected chi connectivity index (χ2v) is 4.92. The Hall–Kier alpha value is -1.48. The summed E-state index contributed by atoms with van der Waals surface area (Å²) in [7, 11) is 1.66. The van der Waals surface area contributed by atoms with Crippen molar-refractivity contribution in [2.75, 3.05) is 7.11 Å². The molecule has 2 aromatic carbocycles. The van der Waals surface area contributed by atoms with Gasteiger partial charge in [0.1, 0.15) is 18.1 Å². The lowest BCUT2D eigenvalue weighted by Gasteiger charge is -2.10. The predicted octanol–water partition coefficient (Wildman–Crippen LogP) is 4.35. The van der Waals surface area contributed by atoms with Gasteiger partial charge in [0.15, 0.2) is 0 Å². The summed E-state index contributed by atoms with van der Waals surface area (Å²) >= 11 is 3.51. The minimum atomic E-state index is 0.515. The van der Waals surface area contributed by atoms with Gasteiger partial charge < -0.3 is 9.47 Å². The van der Waals surface area contributed by atoms with Gasteiger partial charge in [-0.3, -0.25) is 0 Å². The Bertz CT molecular complexity index is 538. The van der Waals surface area contributed by atoms with Crippen molar-refractivity contribution >= 4 is 15.9 Å². The van der Waals surface area contributed by atoms with Crippen LogP contribution >= 0.6 is 15.9 Å². The molecule has 0 unspecified atom stereocenters. The van der Waals surface area contributed by atoms with Crippen LogP contribution in [0.3, 0.4) is 0 Å². The molecule has 2 nitrogen and oxygen atoms in total. The van der Waals surface area contributed by atoms with Crippen LogP contribution in [0, 0.1) is 6.92 Å². The predicted molar refractivity (Wildman–Crippen MR) is 76.2 cm³/mol. The second kappa shape index (κ2) is 5.91. The Morgan fingerprint density at radius 3 is 2.61 bits per heavy atom. The van der Waals surface area contributed by atoms with Crippen molar-refractivity contribution in [2.24, 2.45) is 0 Å². The molecule has 0 saturated heterocycles. The third-order valence-corrected chi connectivity index (χ3v) is 3.41. The van der Waals surface area contributed by atoms with Crippen molar-refractivity contribution in [2.45, 2.75) is 13.5 Å². The molecule has 0 aliphatic rings. The minimum Gasteiger partial charge on any atom is -0.497 e. The molecule has 0 fully saturated rings. The van der Waals surface area contributed by atoms with Crippen molar-refractivity contribution in [3.8, 4) is 11.5 Å². The molecule has 2 aromatic rings. The van der Waals surface area contributed by atoms with Gasteiger partial charge in [-0.2, -0.15) is 0 Å². The van der Waals surface area contributed by atoms with Crippen LogP contribution in [0.15, 0.2) is 46.9 Å². The number of halogens is 1. The summed E-state index contributed by atoms with van der Waals surface area (Å²) in [5, 5.41) is 0. The molecule has 0 saturated carbocycles. The normalized spacial score (nSPS) is 10.2. The maximum Gasteiger partial charge on any atom is 0.120 e. The molecule has 0 heterocycles. The summed E-state index contributed by atoms with van der Waals surface area (Å²) in [6.07, 6.45) is 0. The van der Waals surface area contributed by atoms with E-state index in [2.05, 4.69) is 15.9 Å². The number of benzene rings is 2. The Morgan fingerprint density at radius 2 is 1.89 bits per heavy atom. The Morgan fingerprint density at radius 1 is 1.06 bits per heavy atom. The maximum atomic E-state index is 5.77. The van der Waals surface area contributed by atoms with Gasteiger partial charge in [-0.25, -0.2) is 0 Å². The first-order valence-corrected chi connectivity index (χ1v) is 6.50. The van der Waals surface area contributed by atoms with Gasteiger partial charge in [-0.15, -0.1) is 0 Å². The van der Waals surface area contributed by atoms with E-state index in [1.165, 1.54) is 5.56 Å². The first-order chi connectivity index (χ1) is 8.69. The lowest BCUT2D eigenvalue weighted by molar-refractivity contribution is 0.304. The number of methoxy groups -OCH3 is 1. The number of ether oxygens (including phenoxy) is 2. The zero-order chi connectivity index (χ0) is 13.0. The van der Waals surface area contributed by atoms with Crippen LogP contribution < -0.4 is 9.47 Å². The fraction of sp³-hybridized carbons (Fsp3) is 0.200. The van der Waals surface area contributed by atoms with Crippen LogP contribution in [-0.4, -0.2) is 7.11 Å². The zero-order valence-corrected chi connectivity index (χ0v) is 12.0. The largest absolute Gasteiger partial charge is 0.497 e. The van der Waals surface area contributed by atoms with E-state index in [9.17, 15) is 0 Å². The Labute approximate surface area is 116 Å². The Balaban J connectivity index is 2.10. The van der Waals surface area contributed by atoms with E-state index in [-0.39, 0.29) is 0 Å². The van der Waals surface area contributed by atoms with E-state index in [1.807, 2.05) is 49.4 Å². The molecule has 0 spiro atoms. The first-order valence-electron chi connectivity index (χ1n) is 5.71. The number of hydrogen-bond acceptors (Lipinski definition) is 2. The summed E-state index contributed by atoms with van der Waals surface area (Å²) < 4.78 is 12.0. The van der Waals surface area contributed by atoms with Gasteiger partial charge in [0, 0.05) is 10.0 Å². The summed E-state index contributed by atoms with van der Waals surface area (Å²) in [5.74, 6) is 1.71. The van der Waals surface area contributed by atoms with E-state index >= 15 is 0 Å². The molecule has 0 aromatic heterocycles. The highest BCUT2D eigenvalue weighted by atomic mass is 79.9. The van der Waals surface area contributed by atoms with Crippen LogP contribution in [-0.2, 0) is 6.61 Å². The molecule has 0 radical (unpaired) electrons. The number of hydrogen-bond donors (Lipinski definition) is 0. The van der Waals surface area contributed by atoms with Crippen LogP contribution in [0.5, 0.6) is 11.5 Å². The maximum absolute atomic E-state index is 5.77. The molecular formula is C15H15BrO2. The zero-order valence-electron chi connectivity index (χ0n) is 10.4. The minimum absolute atomic E-state index is 0.515. The fourth-order valence-corrected chi connectivity index (χ4v) is 2.02. The highest BCUT2D eigenvalue weighted by Crippen LogP contribution is 2.24. The van der Waals surface area contributed by atoms with Gasteiger partial charge in [0.2, 0.25) is 0 Å². The molecule has 0 aliphatic heterocycles. The van der Waals surface area contributed by atoms with E-state index in [0.717, 1.165) is 21.5 Å².